The number of aromatic nitrogens is 2. The van der Waals surface area contributed by atoms with Crippen LogP contribution in [0.2, 0.25) is 0 Å². The number of rotatable bonds is 3. The van der Waals surface area contributed by atoms with E-state index in [4.69, 9.17) is 10.8 Å². The quantitative estimate of drug-likeness (QED) is 0.778. The SMILES string of the molecule is Br.Cc1c(C(=O)O)sc2nc(CCN)[nH]c(=O)c12. The predicted octanol–water partition coefficient (Wildman–Crippen LogP) is 1.07. The fourth-order valence-corrected chi connectivity index (χ4v) is 2.69. The summed E-state index contributed by atoms with van der Waals surface area (Å²) in [5, 5.41) is 9.34. The van der Waals surface area contributed by atoms with Crippen LogP contribution in [0, 0.1) is 6.92 Å². The first-order valence-electron chi connectivity index (χ1n) is 5.00. The van der Waals surface area contributed by atoms with E-state index in [9.17, 15) is 9.59 Å². The van der Waals surface area contributed by atoms with Crippen molar-refractivity contribution in [1.29, 1.82) is 0 Å². The lowest BCUT2D eigenvalue weighted by atomic mass is 10.2. The van der Waals surface area contributed by atoms with Gasteiger partial charge < -0.3 is 15.8 Å². The number of fused-ring (bicyclic) bond motifs is 1. The number of nitrogens with two attached hydrogens (primary N) is 1. The second-order valence-corrected chi connectivity index (χ2v) is 4.59. The number of carboxylic acid groups (broad SMARTS) is 1. The predicted molar refractivity (Wildman–Crippen MR) is 75.0 cm³/mol. The van der Waals surface area contributed by atoms with Crippen molar-refractivity contribution in [2.24, 2.45) is 5.73 Å². The molecule has 0 unspecified atom stereocenters. The van der Waals surface area contributed by atoms with Gasteiger partial charge in [0.2, 0.25) is 0 Å². The number of thiophene rings is 1. The molecule has 98 valence electrons. The van der Waals surface area contributed by atoms with E-state index in [-0.39, 0.29) is 27.4 Å². The van der Waals surface area contributed by atoms with Gasteiger partial charge in [0.05, 0.1) is 5.39 Å². The Morgan fingerprint density at radius 1 is 1.56 bits per heavy atom. The molecule has 0 amide bonds. The highest BCUT2D eigenvalue weighted by Crippen LogP contribution is 2.26. The molecule has 0 aliphatic rings. The smallest absolute Gasteiger partial charge is 0.346 e. The van der Waals surface area contributed by atoms with Crippen LogP contribution in [-0.4, -0.2) is 27.6 Å². The van der Waals surface area contributed by atoms with E-state index in [2.05, 4.69) is 9.97 Å². The number of aromatic amines is 1. The van der Waals surface area contributed by atoms with Crippen molar-refractivity contribution < 1.29 is 9.90 Å². The first kappa shape index (κ1) is 14.8. The van der Waals surface area contributed by atoms with Gasteiger partial charge in [0.15, 0.2) is 0 Å². The molecule has 0 fully saturated rings. The van der Waals surface area contributed by atoms with E-state index in [0.29, 0.717) is 34.6 Å². The van der Waals surface area contributed by atoms with Gasteiger partial charge >= 0.3 is 5.97 Å². The maximum atomic E-state index is 11.8. The van der Waals surface area contributed by atoms with Crippen molar-refractivity contribution in [2.45, 2.75) is 13.3 Å². The monoisotopic (exact) mass is 333 g/mol. The Labute approximate surface area is 117 Å². The Kier molecular flexibility index (Phi) is 4.60. The van der Waals surface area contributed by atoms with Crippen LogP contribution in [0.1, 0.15) is 21.1 Å². The highest BCUT2D eigenvalue weighted by molar-refractivity contribution is 8.93. The molecule has 2 aromatic heterocycles. The zero-order valence-corrected chi connectivity index (χ0v) is 12.0. The second-order valence-electron chi connectivity index (χ2n) is 3.59. The van der Waals surface area contributed by atoms with Gasteiger partial charge in [-0.1, -0.05) is 0 Å². The normalized spacial score (nSPS) is 10.3. The Hall–Kier alpha value is -1.25. The summed E-state index contributed by atoms with van der Waals surface area (Å²) in [6.45, 7) is 1.99. The van der Waals surface area contributed by atoms with Gasteiger partial charge in [-0.2, -0.15) is 0 Å². The van der Waals surface area contributed by atoms with Gasteiger partial charge in [0.25, 0.3) is 5.56 Å². The number of hydrogen-bond acceptors (Lipinski definition) is 5. The fourth-order valence-electron chi connectivity index (χ4n) is 1.65. The van der Waals surface area contributed by atoms with Crippen LogP contribution in [0.25, 0.3) is 10.2 Å². The van der Waals surface area contributed by atoms with Crippen LogP contribution in [0.4, 0.5) is 0 Å². The zero-order chi connectivity index (χ0) is 12.6. The molecule has 0 saturated carbocycles. The molecule has 8 heteroatoms. The zero-order valence-electron chi connectivity index (χ0n) is 9.52. The minimum absolute atomic E-state index is 0. The number of carboxylic acids is 1. The summed E-state index contributed by atoms with van der Waals surface area (Å²) in [5.41, 5.74) is 5.54. The summed E-state index contributed by atoms with van der Waals surface area (Å²) in [6.07, 6.45) is 0.463. The summed E-state index contributed by atoms with van der Waals surface area (Å²) >= 11 is 1.01. The van der Waals surface area contributed by atoms with Crippen molar-refractivity contribution in [2.75, 3.05) is 6.54 Å². The third kappa shape index (κ3) is 2.45. The molecule has 0 radical (unpaired) electrons. The first-order chi connectivity index (χ1) is 8.04. The van der Waals surface area contributed by atoms with Crippen LogP contribution in [0.15, 0.2) is 4.79 Å². The molecular formula is C10H12BrN3O3S. The topological polar surface area (TPSA) is 109 Å². The molecule has 0 spiro atoms. The number of H-pyrrole nitrogens is 1. The number of hydrogen-bond donors (Lipinski definition) is 3. The molecular weight excluding hydrogens is 322 g/mol. The molecule has 0 aliphatic heterocycles. The van der Waals surface area contributed by atoms with E-state index >= 15 is 0 Å². The van der Waals surface area contributed by atoms with Gasteiger partial charge in [-0.25, -0.2) is 9.78 Å². The Bertz CT molecular complexity index is 650. The average Bonchev–Trinajstić information content (AvgIpc) is 2.56. The molecule has 2 heterocycles. The summed E-state index contributed by atoms with van der Waals surface area (Å²) in [6, 6.07) is 0. The van der Waals surface area contributed by atoms with E-state index in [0.717, 1.165) is 11.3 Å². The highest BCUT2D eigenvalue weighted by Gasteiger charge is 2.18. The Balaban J connectivity index is 0.00000162. The highest BCUT2D eigenvalue weighted by atomic mass is 79.9. The second kappa shape index (κ2) is 5.59. The summed E-state index contributed by atoms with van der Waals surface area (Å²) in [7, 11) is 0. The Morgan fingerprint density at radius 3 is 2.78 bits per heavy atom. The summed E-state index contributed by atoms with van der Waals surface area (Å²) < 4.78 is 0. The Morgan fingerprint density at radius 2 is 2.22 bits per heavy atom. The number of aryl methyl sites for hydroxylation is 1. The van der Waals surface area contributed by atoms with E-state index in [1.807, 2.05) is 0 Å². The van der Waals surface area contributed by atoms with Crippen molar-refractivity contribution in [3.05, 3.63) is 26.6 Å². The number of aromatic carboxylic acids is 1. The van der Waals surface area contributed by atoms with Crippen molar-refractivity contribution in [3.8, 4) is 0 Å². The van der Waals surface area contributed by atoms with Gasteiger partial charge in [0.1, 0.15) is 15.5 Å². The van der Waals surface area contributed by atoms with Gasteiger partial charge in [0, 0.05) is 6.42 Å². The third-order valence-corrected chi connectivity index (χ3v) is 3.60. The summed E-state index contributed by atoms with van der Waals surface area (Å²) in [4.78, 5) is 30.2. The molecule has 0 saturated heterocycles. The van der Waals surface area contributed by atoms with Crippen LogP contribution < -0.4 is 11.3 Å². The standard InChI is InChI=1S/C10H11N3O3S.BrH/c1-4-6-8(14)12-5(2-3-11)13-9(6)17-7(4)10(15)16;/h2-3,11H2,1H3,(H,15,16)(H,12,13,14);1H. The van der Waals surface area contributed by atoms with Gasteiger partial charge in [-0.3, -0.25) is 4.79 Å². The minimum atomic E-state index is -1.04. The van der Waals surface area contributed by atoms with Crippen LogP contribution in [0.3, 0.4) is 0 Å². The van der Waals surface area contributed by atoms with Crippen molar-refractivity contribution in [1.82, 2.24) is 9.97 Å². The van der Waals surface area contributed by atoms with Crippen molar-refractivity contribution >= 4 is 44.5 Å². The maximum absolute atomic E-state index is 11.8. The molecule has 0 bridgehead atoms. The maximum Gasteiger partial charge on any atom is 0.346 e. The van der Waals surface area contributed by atoms with E-state index in [1.54, 1.807) is 6.92 Å². The molecule has 0 aliphatic carbocycles. The molecule has 0 atom stereocenters. The molecule has 18 heavy (non-hydrogen) atoms. The average molecular weight is 334 g/mol. The van der Waals surface area contributed by atoms with Gasteiger partial charge in [-0.05, 0) is 19.0 Å². The third-order valence-electron chi connectivity index (χ3n) is 2.42. The molecule has 4 N–H and O–H groups in total. The van der Waals surface area contributed by atoms with E-state index in [1.165, 1.54) is 0 Å². The lowest BCUT2D eigenvalue weighted by Crippen LogP contribution is -2.14. The molecule has 2 rings (SSSR count). The largest absolute Gasteiger partial charge is 0.477 e. The van der Waals surface area contributed by atoms with Crippen LogP contribution in [-0.2, 0) is 6.42 Å². The number of carbonyl (C=O) groups is 1. The van der Waals surface area contributed by atoms with E-state index < -0.39 is 5.97 Å². The molecule has 0 aromatic carbocycles. The van der Waals surface area contributed by atoms with Gasteiger partial charge in [-0.15, -0.1) is 28.3 Å². The first-order valence-corrected chi connectivity index (χ1v) is 5.82. The number of nitrogens with zero attached hydrogens (tertiary/aromatic N) is 1. The molecule has 2 aromatic rings. The lowest BCUT2D eigenvalue weighted by molar-refractivity contribution is 0.0701. The summed E-state index contributed by atoms with van der Waals surface area (Å²) in [5.74, 6) is -0.548. The minimum Gasteiger partial charge on any atom is -0.477 e. The molecule has 6 nitrogen and oxygen atoms in total. The van der Waals surface area contributed by atoms with Crippen molar-refractivity contribution in [3.63, 3.8) is 0 Å². The number of nitrogens with one attached hydrogen (secondary N) is 1. The van der Waals surface area contributed by atoms with Crippen LogP contribution >= 0.6 is 28.3 Å². The number of halogens is 1. The lowest BCUT2D eigenvalue weighted by Gasteiger charge is -1.97. The van der Waals surface area contributed by atoms with Crippen LogP contribution in [0.5, 0.6) is 0 Å². The fraction of sp³-hybridized carbons (Fsp3) is 0.300.